The summed E-state index contributed by atoms with van der Waals surface area (Å²) < 4.78 is 19.2. The third kappa shape index (κ3) is 10.1. The molecule has 1 unspecified atom stereocenters. The summed E-state index contributed by atoms with van der Waals surface area (Å²) in [5.41, 5.74) is 7.68. The van der Waals surface area contributed by atoms with Gasteiger partial charge in [0, 0.05) is 49.5 Å². The van der Waals surface area contributed by atoms with E-state index < -0.39 is 7.67 Å². The number of nitrogens with zero attached hydrogens (tertiary/aromatic N) is 1. The maximum atomic E-state index is 12.2. The van der Waals surface area contributed by atoms with E-state index in [1.807, 2.05) is 45.2 Å². The fourth-order valence-corrected chi connectivity index (χ4v) is 5.23. The van der Waals surface area contributed by atoms with E-state index in [4.69, 9.17) is 27.7 Å². The Balaban J connectivity index is 0.000000303. The van der Waals surface area contributed by atoms with E-state index in [0.29, 0.717) is 37.0 Å². The Morgan fingerprint density at radius 2 is 1.87 bits per heavy atom. The number of benzene rings is 1. The molecule has 1 saturated heterocycles. The van der Waals surface area contributed by atoms with E-state index in [2.05, 4.69) is 21.3 Å². The lowest BCUT2D eigenvalue weighted by molar-refractivity contribution is 0.0943. The molecule has 1 aromatic rings. The Bertz CT molecular complexity index is 648. The summed E-state index contributed by atoms with van der Waals surface area (Å²) >= 11 is 11.2. The number of hydrogen-bond acceptors (Lipinski definition) is 5. The number of carbonyl (C=O) groups is 1. The fraction of sp³-hybridized carbons (Fsp3) is 0.632. The van der Waals surface area contributed by atoms with Crippen molar-refractivity contribution >= 4 is 36.8 Å². The van der Waals surface area contributed by atoms with Crippen LogP contribution >= 0.6 is 30.9 Å². The van der Waals surface area contributed by atoms with Crippen molar-refractivity contribution < 1.29 is 13.9 Å². The summed E-state index contributed by atoms with van der Waals surface area (Å²) in [5, 5.41) is 5.76. The first kappa shape index (κ1) is 27.3. The van der Waals surface area contributed by atoms with Gasteiger partial charge in [-0.1, -0.05) is 12.1 Å². The highest BCUT2D eigenvalue weighted by Crippen LogP contribution is 2.48. The fourth-order valence-electron chi connectivity index (χ4n) is 2.59. The molecular formula is C19H34Cl2N5O3P. The maximum Gasteiger partial charge on any atom is 0.343 e. The van der Waals surface area contributed by atoms with Crippen LogP contribution in [-0.2, 0) is 15.6 Å². The van der Waals surface area contributed by atoms with Crippen molar-refractivity contribution in [1.29, 1.82) is 0 Å². The molecule has 0 radical (unpaired) electrons. The van der Waals surface area contributed by atoms with Crippen molar-refractivity contribution in [3.05, 3.63) is 35.4 Å². The normalized spacial score (nSPS) is 18.8. The first-order valence-corrected chi connectivity index (χ1v) is 12.7. The molecule has 0 bridgehead atoms. The van der Waals surface area contributed by atoms with Gasteiger partial charge in [-0.3, -0.25) is 20.2 Å². The van der Waals surface area contributed by atoms with Crippen LogP contribution < -0.4 is 21.3 Å². The molecule has 30 heavy (non-hydrogen) atoms. The molecular weight excluding hydrogens is 448 g/mol. The summed E-state index contributed by atoms with van der Waals surface area (Å²) in [6.45, 7) is 6.94. The molecule has 4 N–H and O–H groups in total. The van der Waals surface area contributed by atoms with Crippen LogP contribution in [0.25, 0.3) is 0 Å². The zero-order valence-corrected chi connectivity index (χ0v) is 20.3. The topological polar surface area (TPSA) is 94.7 Å². The highest BCUT2D eigenvalue weighted by Gasteiger charge is 2.32. The van der Waals surface area contributed by atoms with Crippen LogP contribution in [0.2, 0.25) is 0 Å². The van der Waals surface area contributed by atoms with Gasteiger partial charge in [0.05, 0.1) is 6.61 Å². The molecule has 0 saturated carbocycles. The Morgan fingerprint density at radius 1 is 1.23 bits per heavy atom. The van der Waals surface area contributed by atoms with Crippen molar-refractivity contribution in [3.63, 3.8) is 0 Å². The Kier molecular flexibility index (Phi) is 13.8. The van der Waals surface area contributed by atoms with Crippen molar-refractivity contribution in [3.8, 4) is 0 Å². The van der Waals surface area contributed by atoms with Crippen LogP contribution in [-0.4, -0.2) is 61.7 Å². The largest absolute Gasteiger partial charge is 0.350 e. The summed E-state index contributed by atoms with van der Waals surface area (Å²) in [7, 11) is -1.02. The van der Waals surface area contributed by atoms with E-state index in [0.717, 1.165) is 25.1 Å². The number of carbonyl (C=O) groups excluding carboxylic acids is 1. The summed E-state index contributed by atoms with van der Waals surface area (Å²) in [5.74, 6) is 0.820. The monoisotopic (exact) mass is 481 g/mol. The lowest BCUT2D eigenvalue weighted by Crippen LogP contribution is -2.35. The number of hydrogen-bond donors (Lipinski definition) is 4. The third-order valence-electron chi connectivity index (χ3n) is 4.06. The standard InChI is InChI=1S/C12H19N3O.C7H15Cl2N2O2P/c1-9(2)15-12(16)11-6-4-10(5-7-11)8-14-13-3;8-2-5-11(6-3-9)14(12)10-4-1-7-13-14/h4-7,9,13-14H,8H2,1-3H3,(H,15,16);1-7H2,(H,10,12). The van der Waals surface area contributed by atoms with E-state index >= 15 is 0 Å². The number of halogens is 2. The molecule has 0 aromatic heterocycles. The van der Waals surface area contributed by atoms with Gasteiger partial charge in [-0.05, 0) is 45.0 Å². The molecule has 1 atom stereocenters. The van der Waals surface area contributed by atoms with Gasteiger partial charge in [-0.25, -0.2) is 9.76 Å². The first-order valence-electron chi connectivity index (χ1n) is 10.0. The van der Waals surface area contributed by atoms with Crippen LogP contribution in [0.4, 0.5) is 0 Å². The van der Waals surface area contributed by atoms with Crippen molar-refractivity contribution in [2.24, 2.45) is 0 Å². The lowest BCUT2D eigenvalue weighted by atomic mass is 10.1. The van der Waals surface area contributed by atoms with Crippen molar-refractivity contribution in [2.45, 2.75) is 32.9 Å². The number of amides is 1. The molecule has 1 fully saturated rings. The minimum Gasteiger partial charge on any atom is -0.350 e. The molecule has 1 amide bonds. The van der Waals surface area contributed by atoms with Gasteiger partial charge in [0.15, 0.2) is 0 Å². The predicted octanol–water partition coefficient (Wildman–Crippen LogP) is 2.93. The Hall–Kier alpha value is -0.700. The van der Waals surface area contributed by atoms with Crippen LogP contribution in [0, 0.1) is 0 Å². The summed E-state index contributed by atoms with van der Waals surface area (Å²) in [6, 6.07) is 7.73. The third-order valence-corrected chi connectivity index (χ3v) is 6.70. The molecule has 1 aliphatic rings. The van der Waals surface area contributed by atoms with Gasteiger partial charge in [0.1, 0.15) is 0 Å². The van der Waals surface area contributed by atoms with Gasteiger partial charge in [-0.15, -0.1) is 23.2 Å². The highest BCUT2D eigenvalue weighted by atomic mass is 35.5. The van der Waals surface area contributed by atoms with Crippen molar-refractivity contribution in [1.82, 2.24) is 25.9 Å². The van der Waals surface area contributed by atoms with Crippen molar-refractivity contribution in [2.75, 3.05) is 45.0 Å². The Morgan fingerprint density at radius 3 is 2.33 bits per heavy atom. The molecule has 1 aromatic carbocycles. The van der Waals surface area contributed by atoms with Crippen LogP contribution in [0.15, 0.2) is 24.3 Å². The summed E-state index contributed by atoms with van der Waals surface area (Å²) in [4.78, 5) is 11.6. The smallest absolute Gasteiger partial charge is 0.343 e. The van der Waals surface area contributed by atoms with Crippen LogP contribution in [0.5, 0.6) is 0 Å². The molecule has 8 nitrogen and oxygen atoms in total. The van der Waals surface area contributed by atoms with Crippen LogP contribution in [0.3, 0.4) is 0 Å². The second kappa shape index (κ2) is 15.2. The zero-order valence-electron chi connectivity index (χ0n) is 17.9. The van der Waals surface area contributed by atoms with Gasteiger partial charge < -0.3 is 9.84 Å². The molecule has 1 aliphatic heterocycles. The first-order chi connectivity index (χ1) is 14.4. The van der Waals surface area contributed by atoms with E-state index in [9.17, 15) is 9.36 Å². The second-order valence-corrected chi connectivity index (χ2v) is 9.81. The average molecular weight is 482 g/mol. The Labute approximate surface area is 189 Å². The molecule has 172 valence electrons. The van der Waals surface area contributed by atoms with Gasteiger partial charge in [0.25, 0.3) is 5.91 Å². The van der Waals surface area contributed by atoms with Gasteiger partial charge >= 0.3 is 7.67 Å². The van der Waals surface area contributed by atoms with E-state index in [1.165, 1.54) is 0 Å². The molecule has 0 spiro atoms. The average Bonchev–Trinajstić information content (AvgIpc) is 2.73. The van der Waals surface area contributed by atoms with Gasteiger partial charge in [-0.2, -0.15) is 0 Å². The zero-order chi connectivity index (χ0) is 22.4. The number of hydrazine groups is 1. The highest BCUT2D eigenvalue weighted by molar-refractivity contribution is 7.54. The van der Waals surface area contributed by atoms with E-state index in [-0.39, 0.29) is 11.9 Å². The predicted molar refractivity (Wildman–Crippen MR) is 124 cm³/mol. The van der Waals surface area contributed by atoms with E-state index in [1.54, 1.807) is 4.67 Å². The summed E-state index contributed by atoms with van der Waals surface area (Å²) in [6.07, 6.45) is 0.888. The van der Waals surface area contributed by atoms with Crippen LogP contribution in [0.1, 0.15) is 36.2 Å². The minimum atomic E-state index is -2.84. The lowest BCUT2D eigenvalue weighted by Gasteiger charge is -2.33. The molecule has 2 rings (SSSR count). The molecule has 1 heterocycles. The second-order valence-electron chi connectivity index (χ2n) is 6.88. The SMILES string of the molecule is CNNCc1ccc(C(=O)NC(C)C)cc1.O=P1(N(CCCl)CCCl)NCCCO1. The number of alkyl halides is 2. The molecule has 11 heteroatoms. The minimum absolute atomic E-state index is 0.0249. The number of nitrogens with one attached hydrogen (secondary N) is 4. The number of rotatable bonds is 10. The molecule has 0 aliphatic carbocycles. The maximum absolute atomic E-state index is 12.2. The quantitative estimate of drug-likeness (QED) is 0.232. The van der Waals surface area contributed by atoms with Gasteiger partial charge in [0.2, 0.25) is 0 Å².